The Bertz CT molecular complexity index is 1140. The molecule has 0 radical (unpaired) electrons. The quantitative estimate of drug-likeness (QED) is 0.381. The number of hydrogen-bond donors (Lipinski definition) is 2. The van der Waals surface area contributed by atoms with E-state index in [-0.39, 0.29) is 24.2 Å². The summed E-state index contributed by atoms with van der Waals surface area (Å²) in [5.74, 6) is -0.950. The van der Waals surface area contributed by atoms with E-state index in [0.29, 0.717) is 11.3 Å². The van der Waals surface area contributed by atoms with Gasteiger partial charge in [0.2, 0.25) is 5.91 Å². The molecule has 1 amide bonds. The highest BCUT2D eigenvalue weighted by molar-refractivity contribution is 5.87. The van der Waals surface area contributed by atoms with Gasteiger partial charge in [-0.15, -0.1) is 0 Å². The summed E-state index contributed by atoms with van der Waals surface area (Å²) in [6, 6.07) is 17.8. The van der Waals surface area contributed by atoms with Crippen LogP contribution in [0.15, 0.2) is 77.9 Å². The smallest absolute Gasteiger partial charge is 0.416 e. The molecule has 6 nitrogen and oxygen atoms in total. The number of nitrogens with one attached hydrogen (secondary N) is 1. The van der Waals surface area contributed by atoms with Crippen LogP contribution in [0.1, 0.15) is 32.6 Å². The molecule has 0 aromatic heterocycles. The molecular weight excluding hydrogens is 437 g/mol. The van der Waals surface area contributed by atoms with Gasteiger partial charge in [-0.1, -0.05) is 30.3 Å². The molecule has 0 fully saturated rings. The maximum absolute atomic E-state index is 12.7. The molecule has 0 saturated heterocycles. The third kappa shape index (κ3) is 7.20. The van der Waals surface area contributed by atoms with E-state index in [1.807, 2.05) is 0 Å². The summed E-state index contributed by atoms with van der Waals surface area (Å²) in [7, 11) is 0. The van der Waals surface area contributed by atoms with Gasteiger partial charge in [-0.05, 0) is 59.2 Å². The molecule has 33 heavy (non-hydrogen) atoms. The summed E-state index contributed by atoms with van der Waals surface area (Å²) in [6.07, 6.45) is -3.30. The monoisotopic (exact) mass is 456 g/mol. The standard InChI is InChI=1S/C24H19F3N2O4/c25-24(26,27)20-3-1-2-18(12-20)13-22(30)29-28-14-16-6-10-21(11-7-16)33-15-17-4-8-19(9-5-17)23(31)32/h1-12,14H,13,15H2,(H,29,30)(H,31,32)/b28-14+. The molecule has 0 spiro atoms. The van der Waals surface area contributed by atoms with E-state index in [0.717, 1.165) is 17.7 Å². The number of rotatable bonds is 8. The lowest BCUT2D eigenvalue weighted by Gasteiger charge is -2.08. The highest BCUT2D eigenvalue weighted by Gasteiger charge is 2.30. The average Bonchev–Trinajstić information content (AvgIpc) is 2.78. The number of halogens is 3. The van der Waals surface area contributed by atoms with Gasteiger partial charge in [-0.2, -0.15) is 18.3 Å². The number of carboxylic acids is 1. The number of alkyl halides is 3. The topological polar surface area (TPSA) is 88.0 Å². The second kappa shape index (κ2) is 10.4. The highest BCUT2D eigenvalue weighted by Crippen LogP contribution is 2.29. The van der Waals surface area contributed by atoms with Gasteiger partial charge >= 0.3 is 12.1 Å². The van der Waals surface area contributed by atoms with Crippen LogP contribution in [-0.2, 0) is 24.0 Å². The number of carbonyl (C=O) groups excluding carboxylic acids is 1. The molecule has 0 aliphatic carbocycles. The van der Waals surface area contributed by atoms with Crippen LogP contribution in [0.4, 0.5) is 13.2 Å². The first kappa shape index (κ1) is 23.5. The van der Waals surface area contributed by atoms with Gasteiger partial charge in [0.05, 0.1) is 23.8 Å². The van der Waals surface area contributed by atoms with Gasteiger partial charge in [0.25, 0.3) is 0 Å². The van der Waals surface area contributed by atoms with E-state index in [2.05, 4.69) is 10.5 Å². The minimum atomic E-state index is -4.47. The number of hydrogen-bond acceptors (Lipinski definition) is 4. The van der Waals surface area contributed by atoms with E-state index in [1.165, 1.54) is 30.5 Å². The lowest BCUT2D eigenvalue weighted by Crippen LogP contribution is -2.20. The minimum Gasteiger partial charge on any atom is -0.489 e. The van der Waals surface area contributed by atoms with Crippen LogP contribution >= 0.6 is 0 Å². The van der Waals surface area contributed by atoms with Crippen LogP contribution in [0, 0.1) is 0 Å². The Kier molecular flexibility index (Phi) is 7.45. The molecule has 170 valence electrons. The molecule has 2 N–H and O–H groups in total. The number of benzene rings is 3. The Labute approximate surface area is 187 Å². The van der Waals surface area contributed by atoms with Crippen molar-refractivity contribution in [1.82, 2.24) is 5.43 Å². The Morgan fingerprint density at radius 1 is 0.970 bits per heavy atom. The third-order valence-electron chi connectivity index (χ3n) is 4.51. The molecule has 0 atom stereocenters. The first-order valence-electron chi connectivity index (χ1n) is 9.74. The van der Waals surface area contributed by atoms with Crippen LogP contribution < -0.4 is 10.2 Å². The van der Waals surface area contributed by atoms with Gasteiger partial charge in [0.1, 0.15) is 12.4 Å². The van der Waals surface area contributed by atoms with Gasteiger partial charge in [0, 0.05) is 0 Å². The van der Waals surface area contributed by atoms with Gasteiger partial charge in [-0.3, -0.25) is 4.79 Å². The molecule has 9 heteroatoms. The predicted octanol–water partition coefficient (Wildman–Crippen LogP) is 4.68. The van der Waals surface area contributed by atoms with Crippen molar-refractivity contribution in [2.45, 2.75) is 19.2 Å². The number of carboxylic acid groups (broad SMARTS) is 1. The van der Waals surface area contributed by atoms with Crippen molar-refractivity contribution in [3.05, 3.63) is 101 Å². The van der Waals surface area contributed by atoms with Crippen molar-refractivity contribution in [2.75, 3.05) is 0 Å². The summed E-state index contributed by atoms with van der Waals surface area (Å²) in [6.45, 7) is 0.263. The fourth-order valence-corrected chi connectivity index (χ4v) is 2.82. The Balaban J connectivity index is 1.48. The fourth-order valence-electron chi connectivity index (χ4n) is 2.82. The van der Waals surface area contributed by atoms with Crippen molar-refractivity contribution in [3.63, 3.8) is 0 Å². The second-order valence-electron chi connectivity index (χ2n) is 7.03. The van der Waals surface area contributed by atoms with E-state index in [1.54, 1.807) is 36.4 Å². The number of ether oxygens (including phenoxy) is 1. The molecule has 0 aliphatic rings. The summed E-state index contributed by atoms with van der Waals surface area (Å²) in [4.78, 5) is 22.8. The lowest BCUT2D eigenvalue weighted by molar-refractivity contribution is -0.137. The highest BCUT2D eigenvalue weighted by atomic mass is 19.4. The van der Waals surface area contributed by atoms with E-state index >= 15 is 0 Å². The van der Waals surface area contributed by atoms with Gasteiger partial charge < -0.3 is 9.84 Å². The summed E-state index contributed by atoms with van der Waals surface area (Å²) >= 11 is 0. The third-order valence-corrected chi connectivity index (χ3v) is 4.51. The molecule has 0 heterocycles. The molecule has 0 saturated carbocycles. The summed E-state index contributed by atoms with van der Waals surface area (Å²) in [5.41, 5.74) is 3.40. The lowest BCUT2D eigenvalue weighted by atomic mass is 10.1. The molecule has 0 aliphatic heterocycles. The van der Waals surface area contributed by atoms with Crippen LogP contribution in [0.5, 0.6) is 5.75 Å². The maximum atomic E-state index is 12.7. The number of nitrogens with zero attached hydrogens (tertiary/aromatic N) is 1. The molecular formula is C24H19F3N2O4. The largest absolute Gasteiger partial charge is 0.489 e. The van der Waals surface area contributed by atoms with Gasteiger partial charge in [0.15, 0.2) is 0 Å². The zero-order chi connectivity index (χ0) is 23.8. The zero-order valence-corrected chi connectivity index (χ0v) is 17.2. The minimum absolute atomic E-state index is 0.198. The van der Waals surface area contributed by atoms with E-state index in [9.17, 15) is 22.8 Å². The number of aromatic carboxylic acids is 1. The Hall–Kier alpha value is -4.14. The Morgan fingerprint density at radius 2 is 1.67 bits per heavy atom. The second-order valence-corrected chi connectivity index (χ2v) is 7.03. The fraction of sp³-hybridized carbons (Fsp3) is 0.125. The molecule has 0 unspecified atom stereocenters. The van der Waals surface area contributed by atoms with Crippen molar-refractivity contribution in [3.8, 4) is 5.75 Å². The zero-order valence-electron chi connectivity index (χ0n) is 17.2. The van der Waals surface area contributed by atoms with Crippen LogP contribution in [-0.4, -0.2) is 23.2 Å². The number of amides is 1. The van der Waals surface area contributed by atoms with Crippen molar-refractivity contribution in [1.29, 1.82) is 0 Å². The molecule has 3 aromatic carbocycles. The SMILES string of the molecule is O=C(Cc1cccc(C(F)(F)F)c1)N/N=C/c1ccc(OCc2ccc(C(=O)O)cc2)cc1. The van der Waals surface area contributed by atoms with E-state index in [4.69, 9.17) is 9.84 Å². The normalized spacial score (nSPS) is 11.4. The Morgan fingerprint density at radius 3 is 2.30 bits per heavy atom. The molecule has 0 bridgehead atoms. The van der Waals surface area contributed by atoms with Gasteiger partial charge in [-0.25, -0.2) is 10.2 Å². The first-order chi connectivity index (χ1) is 15.7. The van der Waals surface area contributed by atoms with Crippen LogP contribution in [0.3, 0.4) is 0 Å². The predicted molar refractivity (Wildman–Crippen MR) is 115 cm³/mol. The van der Waals surface area contributed by atoms with Crippen molar-refractivity contribution >= 4 is 18.1 Å². The number of carbonyl (C=O) groups is 2. The van der Waals surface area contributed by atoms with Crippen molar-refractivity contribution in [2.24, 2.45) is 5.10 Å². The summed E-state index contributed by atoms with van der Waals surface area (Å²) in [5, 5.41) is 12.7. The summed E-state index contributed by atoms with van der Waals surface area (Å²) < 4.78 is 43.9. The van der Waals surface area contributed by atoms with E-state index < -0.39 is 23.6 Å². The first-order valence-corrected chi connectivity index (χ1v) is 9.74. The average molecular weight is 456 g/mol. The molecule has 3 aromatic rings. The molecule has 3 rings (SSSR count). The maximum Gasteiger partial charge on any atom is 0.416 e. The van der Waals surface area contributed by atoms with Crippen LogP contribution in [0.25, 0.3) is 0 Å². The van der Waals surface area contributed by atoms with Crippen LogP contribution in [0.2, 0.25) is 0 Å². The van der Waals surface area contributed by atoms with Crippen molar-refractivity contribution < 1.29 is 32.6 Å². The number of hydrazone groups is 1.